The van der Waals surface area contributed by atoms with Crippen molar-refractivity contribution in [3.63, 3.8) is 0 Å². The zero-order valence-electron chi connectivity index (χ0n) is 11.7. The van der Waals surface area contributed by atoms with Gasteiger partial charge in [-0.1, -0.05) is 12.1 Å². The van der Waals surface area contributed by atoms with Gasteiger partial charge >= 0.3 is 0 Å². The number of aromatic nitrogens is 2. The van der Waals surface area contributed by atoms with Gasteiger partial charge in [-0.3, -0.25) is 9.48 Å². The number of carbonyl (C=O) groups is 1. The first-order valence-electron chi connectivity index (χ1n) is 6.56. The molecule has 20 heavy (non-hydrogen) atoms. The lowest BCUT2D eigenvalue weighted by atomic mass is 10.1. The first kappa shape index (κ1) is 14.6. The van der Waals surface area contributed by atoms with Gasteiger partial charge in [0, 0.05) is 24.3 Å². The van der Waals surface area contributed by atoms with Crippen molar-refractivity contribution in [2.24, 2.45) is 7.05 Å². The van der Waals surface area contributed by atoms with E-state index in [1.165, 1.54) is 5.56 Å². The zero-order valence-corrected chi connectivity index (χ0v) is 12.4. The Labute approximate surface area is 123 Å². The van der Waals surface area contributed by atoms with Gasteiger partial charge in [0.25, 0.3) is 5.91 Å². The summed E-state index contributed by atoms with van der Waals surface area (Å²) in [5.41, 5.74) is 3.41. The normalized spacial score (nSPS) is 10.6. The molecule has 1 amide bonds. The largest absolute Gasteiger partial charge is 0.322 e. The van der Waals surface area contributed by atoms with E-state index in [-0.39, 0.29) is 5.91 Å². The topological polar surface area (TPSA) is 46.9 Å². The minimum atomic E-state index is -0.134. The molecular formula is C15H18ClN3O. The maximum atomic E-state index is 12.2. The van der Waals surface area contributed by atoms with Crippen LogP contribution in [0.5, 0.6) is 0 Å². The quantitative estimate of drug-likeness (QED) is 0.860. The predicted molar refractivity (Wildman–Crippen MR) is 81.4 cm³/mol. The van der Waals surface area contributed by atoms with Gasteiger partial charge in [-0.2, -0.15) is 5.10 Å². The molecule has 5 heteroatoms. The number of benzene rings is 1. The van der Waals surface area contributed by atoms with E-state index in [4.69, 9.17) is 11.6 Å². The average Bonchev–Trinajstić information content (AvgIpc) is 2.77. The third-order valence-corrected chi connectivity index (χ3v) is 3.53. The number of alkyl halides is 1. The number of rotatable bonds is 5. The smallest absolute Gasteiger partial charge is 0.259 e. The van der Waals surface area contributed by atoms with Gasteiger partial charge in [-0.05, 0) is 37.5 Å². The summed E-state index contributed by atoms with van der Waals surface area (Å²) in [5.74, 6) is 0.510. The van der Waals surface area contributed by atoms with Crippen molar-refractivity contribution in [2.75, 3.05) is 11.2 Å². The highest BCUT2D eigenvalue weighted by molar-refractivity contribution is 6.17. The molecule has 0 aliphatic carbocycles. The number of hydrogen-bond donors (Lipinski definition) is 1. The molecule has 0 aliphatic rings. The van der Waals surface area contributed by atoms with E-state index >= 15 is 0 Å². The molecule has 0 saturated carbocycles. The Hall–Kier alpha value is -1.81. The summed E-state index contributed by atoms with van der Waals surface area (Å²) < 4.78 is 1.69. The van der Waals surface area contributed by atoms with Crippen LogP contribution in [0.1, 0.15) is 28.0 Å². The summed E-state index contributed by atoms with van der Waals surface area (Å²) in [6.07, 6.45) is 3.43. The van der Waals surface area contributed by atoms with Crippen LogP contribution in [0.3, 0.4) is 0 Å². The van der Waals surface area contributed by atoms with E-state index in [2.05, 4.69) is 10.4 Å². The van der Waals surface area contributed by atoms with Gasteiger partial charge < -0.3 is 5.32 Å². The minimum absolute atomic E-state index is 0.134. The number of halogens is 1. The summed E-state index contributed by atoms with van der Waals surface area (Å²) in [6.45, 7) is 1.87. The van der Waals surface area contributed by atoms with E-state index in [9.17, 15) is 4.79 Å². The fourth-order valence-electron chi connectivity index (χ4n) is 2.00. The van der Waals surface area contributed by atoms with Crippen LogP contribution in [0.25, 0.3) is 0 Å². The van der Waals surface area contributed by atoms with E-state index in [0.29, 0.717) is 11.4 Å². The number of hydrogen-bond acceptors (Lipinski definition) is 2. The highest BCUT2D eigenvalue weighted by Gasteiger charge is 2.12. The van der Waals surface area contributed by atoms with Crippen molar-refractivity contribution in [2.45, 2.75) is 19.8 Å². The van der Waals surface area contributed by atoms with Crippen LogP contribution in [0.15, 0.2) is 30.5 Å². The monoisotopic (exact) mass is 291 g/mol. The van der Waals surface area contributed by atoms with Gasteiger partial charge in [0.1, 0.15) is 0 Å². The standard InChI is InChI=1S/C15H18ClN3O/c1-11-14(10-17-19(11)2)15(20)18-13-7-3-5-12(9-13)6-4-8-16/h3,5,7,9-10H,4,6,8H2,1-2H3,(H,18,20). The number of aryl methyl sites for hydroxylation is 2. The molecular weight excluding hydrogens is 274 g/mol. The number of anilines is 1. The third kappa shape index (κ3) is 3.39. The van der Waals surface area contributed by atoms with Crippen LogP contribution in [0.2, 0.25) is 0 Å². The maximum absolute atomic E-state index is 12.2. The van der Waals surface area contributed by atoms with Gasteiger partial charge in [0.15, 0.2) is 0 Å². The van der Waals surface area contributed by atoms with Crippen LogP contribution >= 0.6 is 11.6 Å². The molecule has 0 radical (unpaired) electrons. The Kier molecular flexibility index (Phi) is 4.79. The van der Waals surface area contributed by atoms with Gasteiger partial charge in [0.05, 0.1) is 11.8 Å². The lowest BCUT2D eigenvalue weighted by Gasteiger charge is -2.07. The van der Waals surface area contributed by atoms with Crippen LogP contribution in [0.4, 0.5) is 5.69 Å². The van der Waals surface area contributed by atoms with Crippen molar-refractivity contribution in [3.05, 3.63) is 47.3 Å². The van der Waals surface area contributed by atoms with Crippen molar-refractivity contribution in [1.82, 2.24) is 9.78 Å². The fraction of sp³-hybridized carbons (Fsp3) is 0.333. The maximum Gasteiger partial charge on any atom is 0.259 e. The molecule has 0 saturated heterocycles. The number of amides is 1. The molecule has 0 unspecified atom stereocenters. The van der Waals surface area contributed by atoms with Crippen molar-refractivity contribution < 1.29 is 4.79 Å². The summed E-state index contributed by atoms with van der Waals surface area (Å²) in [5, 5.41) is 6.98. The molecule has 1 heterocycles. The molecule has 2 rings (SSSR count). The van der Waals surface area contributed by atoms with Crippen LogP contribution in [-0.4, -0.2) is 21.6 Å². The SMILES string of the molecule is Cc1c(C(=O)Nc2cccc(CCCCl)c2)cnn1C. The lowest BCUT2D eigenvalue weighted by molar-refractivity contribution is 0.102. The van der Waals surface area contributed by atoms with Crippen molar-refractivity contribution in [1.29, 1.82) is 0 Å². The highest BCUT2D eigenvalue weighted by Crippen LogP contribution is 2.15. The summed E-state index contributed by atoms with van der Waals surface area (Å²) in [6, 6.07) is 7.84. The molecule has 0 spiro atoms. The Morgan fingerprint density at radius 2 is 2.25 bits per heavy atom. The van der Waals surface area contributed by atoms with Crippen LogP contribution in [-0.2, 0) is 13.5 Å². The Morgan fingerprint density at radius 1 is 1.45 bits per heavy atom. The minimum Gasteiger partial charge on any atom is -0.322 e. The molecule has 0 atom stereocenters. The molecule has 4 nitrogen and oxygen atoms in total. The third-order valence-electron chi connectivity index (χ3n) is 3.26. The van der Waals surface area contributed by atoms with E-state index < -0.39 is 0 Å². The second-order valence-electron chi connectivity index (χ2n) is 4.71. The van der Waals surface area contributed by atoms with Gasteiger partial charge in [0.2, 0.25) is 0 Å². The van der Waals surface area contributed by atoms with E-state index in [1.54, 1.807) is 10.9 Å². The molecule has 1 N–H and O–H groups in total. The summed E-state index contributed by atoms with van der Waals surface area (Å²) in [4.78, 5) is 12.2. The molecule has 0 fully saturated rings. The first-order chi connectivity index (χ1) is 9.61. The zero-order chi connectivity index (χ0) is 14.5. The molecule has 2 aromatic rings. The number of nitrogens with one attached hydrogen (secondary N) is 1. The summed E-state index contributed by atoms with van der Waals surface area (Å²) in [7, 11) is 1.82. The fourth-order valence-corrected chi connectivity index (χ4v) is 2.13. The Bertz CT molecular complexity index is 607. The molecule has 0 aliphatic heterocycles. The Morgan fingerprint density at radius 3 is 2.90 bits per heavy atom. The second kappa shape index (κ2) is 6.57. The molecule has 1 aromatic carbocycles. The number of carbonyl (C=O) groups excluding carboxylic acids is 1. The van der Waals surface area contributed by atoms with Gasteiger partial charge in [-0.25, -0.2) is 0 Å². The summed E-state index contributed by atoms with van der Waals surface area (Å²) >= 11 is 5.70. The van der Waals surface area contributed by atoms with E-state index in [1.807, 2.05) is 38.2 Å². The van der Waals surface area contributed by atoms with Crippen LogP contribution in [0, 0.1) is 6.92 Å². The molecule has 106 valence electrons. The first-order valence-corrected chi connectivity index (χ1v) is 7.10. The second-order valence-corrected chi connectivity index (χ2v) is 5.09. The lowest BCUT2D eigenvalue weighted by Crippen LogP contribution is -2.13. The van der Waals surface area contributed by atoms with Gasteiger partial charge in [-0.15, -0.1) is 11.6 Å². The van der Waals surface area contributed by atoms with Crippen molar-refractivity contribution in [3.8, 4) is 0 Å². The average molecular weight is 292 g/mol. The van der Waals surface area contributed by atoms with E-state index in [0.717, 1.165) is 24.2 Å². The number of nitrogens with zero attached hydrogens (tertiary/aromatic N) is 2. The predicted octanol–water partition coefficient (Wildman–Crippen LogP) is 3.15. The van der Waals surface area contributed by atoms with Crippen molar-refractivity contribution >= 4 is 23.2 Å². The molecule has 1 aromatic heterocycles. The molecule has 0 bridgehead atoms. The Balaban J connectivity index is 2.09. The highest BCUT2D eigenvalue weighted by atomic mass is 35.5. The van der Waals surface area contributed by atoms with Crippen LogP contribution < -0.4 is 5.32 Å².